The Kier molecular flexibility index (Phi) is 3.91. The van der Waals surface area contributed by atoms with E-state index in [1.807, 2.05) is 78.9 Å². The predicted molar refractivity (Wildman–Crippen MR) is 116 cm³/mol. The van der Waals surface area contributed by atoms with Crippen LogP contribution in [0.15, 0.2) is 89.7 Å². The fraction of sp³-hybridized carbons (Fsp3) is 0.0400. The second-order valence-electron chi connectivity index (χ2n) is 7.11. The summed E-state index contributed by atoms with van der Waals surface area (Å²) in [5.74, 6) is -0.264. The molecule has 0 saturated carbocycles. The Labute approximate surface area is 167 Å². The van der Waals surface area contributed by atoms with Gasteiger partial charge in [0, 0.05) is 16.6 Å². The van der Waals surface area contributed by atoms with Gasteiger partial charge in [-0.2, -0.15) is 0 Å². The van der Waals surface area contributed by atoms with E-state index in [-0.39, 0.29) is 16.9 Å². The maximum absolute atomic E-state index is 13.4. The highest BCUT2D eigenvalue weighted by Gasteiger charge is 2.22. The van der Waals surface area contributed by atoms with E-state index in [0.29, 0.717) is 11.3 Å². The summed E-state index contributed by atoms with van der Waals surface area (Å²) in [7, 11) is 0. The van der Waals surface area contributed by atoms with Crippen molar-refractivity contribution in [2.45, 2.75) is 6.92 Å². The highest BCUT2D eigenvalue weighted by atomic mass is 16.2. The number of hydrogen-bond donors (Lipinski definition) is 1. The third kappa shape index (κ3) is 2.69. The molecule has 0 fully saturated rings. The van der Waals surface area contributed by atoms with Crippen molar-refractivity contribution in [3.8, 4) is 5.69 Å². The normalized spacial score (nSPS) is 11.2. The minimum absolute atomic E-state index is 0.175. The molecule has 1 heterocycles. The lowest BCUT2D eigenvalue weighted by molar-refractivity contribution is 0.103. The van der Waals surface area contributed by atoms with Gasteiger partial charge in [0.1, 0.15) is 5.56 Å². The molecule has 29 heavy (non-hydrogen) atoms. The zero-order valence-corrected chi connectivity index (χ0v) is 15.8. The number of carbonyl (C=O) groups excluding carboxylic acids is 1. The number of aromatic nitrogens is 2. The summed E-state index contributed by atoms with van der Waals surface area (Å²) in [5, 5.41) is 6.90. The lowest BCUT2D eigenvalue weighted by atomic mass is 9.97. The molecule has 0 bridgehead atoms. The number of fused-ring (bicyclic) bond motifs is 2. The van der Waals surface area contributed by atoms with Gasteiger partial charge in [-0.1, -0.05) is 78.9 Å². The Morgan fingerprint density at radius 1 is 0.759 bits per heavy atom. The van der Waals surface area contributed by atoms with Crippen molar-refractivity contribution in [2.75, 3.05) is 0 Å². The number of carbonyl (C=O) groups is 1. The summed E-state index contributed by atoms with van der Waals surface area (Å²) >= 11 is 0. The van der Waals surface area contributed by atoms with Crippen LogP contribution in [0, 0.1) is 6.92 Å². The molecule has 0 amide bonds. The first-order valence-corrected chi connectivity index (χ1v) is 9.47. The first-order chi connectivity index (χ1) is 14.1. The van der Waals surface area contributed by atoms with Crippen molar-refractivity contribution < 1.29 is 4.79 Å². The molecule has 5 aromatic rings. The Balaban J connectivity index is 1.71. The highest BCUT2D eigenvalue weighted by Crippen LogP contribution is 2.24. The fourth-order valence-corrected chi connectivity index (χ4v) is 3.95. The smallest absolute Gasteiger partial charge is 0.282 e. The van der Waals surface area contributed by atoms with Crippen LogP contribution in [0.3, 0.4) is 0 Å². The van der Waals surface area contributed by atoms with E-state index in [9.17, 15) is 9.59 Å². The summed E-state index contributed by atoms with van der Waals surface area (Å²) in [6, 6.07) is 27.0. The van der Waals surface area contributed by atoms with Crippen LogP contribution in [0.1, 0.15) is 21.6 Å². The minimum Gasteiger partial charge on any atom is -0.295 e. The number of benzene rings is 4. The van der Waals surface area contributed by atoms with Crippen molar-refractivity contribution in [3.05, 3.63) is 112 Å². The predicted octanol–water partition coefficient (Wildman–Crippen LogP) is 5.01. The molecule has 140 valence electrons. The Bertz CT molecular complexity index is 1450. The molecule has 4 heteroatoms. The van der Waals surface area contributed by atoms with E-state index in [0.717, 1.165) is 27.2 Å². The molecule has 0 radical (unpaired) electrons. The van der Waals surface area contributed by atoms with E-state index in [1.54, 1.807) is 13.0 Å². The van der Waals surface area contributed by atoms with Crippen LogP contribution in [0.4, 0.5) is 0 Å². The third-order valence-electron chi connectivity index (χ3n) is 5.34. The van der Waals surface area contributed by atoms with Gasteiger partial charge in [-0.05, 0) is 29.1 Å². The van der Waals surface area contributed by atoms with Crippen molar-refractivity contribution in [2.24, 2.45) is 0 Å². The Hall–Kier alpha value is -3.92. The van der Waals surface area contributed by atoms with Gasteiger partial charge in [-0.15, -0.1) is 0 Å². The molecule has 5 rings (SSSR count). The summed E-state index contributed by atoms with van der Waals surface area (Å²) in [4.78, 5) is 26.7. The molecule has 1 N–H and O–H groups in total. The molecular weight excluding hydrogens is 360 g/mol. The number of aromatic amines is 1. The van der Waals surface area contributed by atoms with Crippen molar-refractivity contribution >= 4 is 27.3 Å². The molecule has 0 saturated heterocycles. The second kappa shape index (κ2) is 6.60. The molecular formula is C25H18N2O2. The van der Waals surface area contributed by atoms with Crippen LogP contribution in [0.25, 0.3) is 27.2 Å². The lowest BCUT2D eigenvalue weighted by Crippen LogP contribution is -2.21. The number of nitrogens with one attached hydrogen (secondary N) is 1. The monoisotopic (exact) mass is 378 g/mol. The SMILES string of the molecule is Cc1[nH]n(-c2cccc3ccccc23)c(=O)c1C(=O)c1cccc2ccccc12. The van der Waals surface area contributed by atoms with Gasteiger partial charge >= 0.3 is 0 Å². The number of H-pyrrole nitrogens is 1. The molecule has 0 aliphatic carbocycles. The van der Waals surface area contributed by atoms with Crippen LogP contribution >= 0.6 is 0 Å². The zero-order chi connectivity index (χ0) is 20.0. The van der Waals surface area contributed by atoms with E-state index in [2.05, 4.69) is 5.10 Å². The minimum atomic E-state index is -0.336. The van der Waals surface area contributed by atoms with Crippen LogP contribution in [0.5, 0.6) is 0 Å². The first kappa shape index (κ1) is 17.2. The largest absolute Gasteiger partial charge is 0.295 e. The van der Waals surface area contributed by atoms with Gasteiger partial charge in [-0.25, -0.2) is 4.68 Å². The fourth-order valence-electron chi connectivity index (χ4n) is 3.95. The average Bonchev–Trinajstić information content (AvgIpc) is 3.06. The number of rotatable bonds is 3. The van der Waals surface area contributed by atoms with E-state index in [1.165, 1.54) is 4.68 Å². The standard InChI is InChI=1S/C25H18N2O2/c1-16-23(24(28)21-14-6-10-17-8-2-4-12-19(17)21)25(29)27(26-16)22-15-7-11-18-9-3-5-13-20(18)22/h2-15,26H,1H3. The van der Waals surface area contributed by atoms with E-state index < -0.39 is 0 Å². The molecule has 1 aromatic heterocycles. The van der Waals surface area contributed by atoms with Gasteiger partial charge in [0.15, 0.2) is 0 Å². The summed E-state index contributed by atoms with van der Waals surface area (Å²) < 4.78 is 1.47. The molecule has 4 nitrogen and oxygen atoms in total. The van der Waals surface area contributed by atoms with E-state index >= 15 is 0 Å². The summed E-state index contributed by atoms with van der Waals surface area (Å²) in [6.07, 6.45) is 0. The quantitative estimate of drug-likeness (QED) is 0.449. The Morgan fingerprint density at radius 2 is 1.34 bits per heavy atom. The maximum Gasteiger partial charge on any atom is 0.282 e. The van der Waals surface area contributed by atoms with Gasteiger partial charge in [-0.3, -0.25) is 14.7 Å². The maximum atomic E-state index is 13.4. The first-order valence-electron chi connectivity index (χ1n) is 9.47. The number of ketones is 1. The number of nitrogens with zero attached hydrogens (tertiary/aromatic N) is 1. The third-order valence-corrected chi connectivity index (χ3v) is 5.34. The van der Waals surface area contributed by atoms with Gasteiger partial charge in [0.05, 0.1) is 5.69 Å². The van der Waals surface area contributed by atoms with Gasteiger partial charge in [0.2, 0.25) is 5.78 Å². The van der Waals surface area contributed by atoms with Crippen molar-refractivity contribution in [1.82, 2.24) is 9.78 Å². The number of aryl methyl sites for hydroxylation is 1. The molecule has 0 aliphatic rings. The molecule has 0 atom stereocenters. The average molecular weight is 378 g/mol. The molecule has 0 aliphatic heterocycles. The molecule has 4 aromatic carbocycles. The van der Waals surface area contributed by atoms with Crippen molar-refractivity contribution in [3.63, 3.8) is 0 Å². The molecule has 0 spiro atoms. The number of hydrogen-bond acceptors (Lipinski definition) is 2. The lowest BCUT2D eigenvalue weighted by Gasteiger charge is -2.06. The van der Waals surface area contributed by atoms with Crippen LogP contribution < -0.4 is 5.56 Å². The van der Waals surface area contributed by atoms with Crippen LogP contribution in [-0.2, 0) is 0 Å². The van der Waals surface area contributed by atoms with Crippen LogP contribution in [0.2, 0.25) is 0 Å². The van der Waals surface area contributed by atoms with Crippen LogP contribution in [-0.4, -0.2) is 15.6 Å². The summed E-state index contributed by atoms with van der Waals surface area (Å²) in [6.45, 7) is 1.77. The van der Waals surface area contributed by atoms with Gasteiger partial charge in [0.25, 0.3) is 5.56 Å². The van der Waals surface area contributed by atoms with Crippen molar-refractivity contribution in [1.29, 1.82) is 0 Å². The second-order valence-corrected chi connectivity index (χ2v) is 7.11. The Morgan fingerprint density at radius 3 is 2.10 bits per heavy atom. The zero-order valence-electron chi connectivity index (χ0n) is 15.8. The topological polar surface area (TPSA) is 54.9 Å². The highest BCUT2D eigenvalue weighted by molar-refractivity contribution is 6.16. The van der Waals surface area contributed by atoms with Gasteiger partial charge < -0.3 is 0 Å². The molecule has 0 unspecified atom stereocenters. The summed E-state index contributed by atoms with van der Waals surface area (Å²) in [5.41, 5.74) is 1.66. The van der Waals surface area contributed by atoms with E-state index in [4.69, 9.17) is 0 Å².